The van der Waals surface area contributed by atoms with Crippen molar-refractivity contribution in [1.82, 2.24) is 19.6 Å². The maximum absolute atomic E-state index is 13.4. The Labute approximate surface area is 253 Å². The number of amides is 1. The fourth-order valence-corrected chi connectivity index (χ4v) is 6.85. The summed E-state index contributed by atoms with van der Waals surface area (Å²) in [5.41, 5.74) is 1.40. The first-order chi connectivity index (χ1) is 20.9. The van der Waals surface area contributed by atoms with E-state index in [1.807, 2.05) is 13.0 Å². The SMILES string of the molecule is CC(Nc1nc(CNC(=O)C2CCCN2S(=O)(=O)c2ccc(F)cc2)cc(-c2ccc(C(F)(F)F)cc2)n1)C1=CCCC=C1. The first kappa shape index (κ1) is 31.3. The lowest BCUT2D eigenvalue weighted by Crippen LogP contribution is -2.45. The van der Waals surface area contributed by atoms with Gasteiger partial charge in [0.05, 0.1) is 34.4 Å². The minimum absolute atomic E-state index is 0.0818. The normalized spacial score (nSPS) is 18.1. The molecule has 3 aromatic rings. The summed E-state index contributed by atoms with van der Waals surface area (Å²) in [6.07, 6.45) is 4.32. The summed E-state index contributed by atoms with van der Waals surface area (Å²) in [5, 5.41) is 6.00. The summed E-state index contributed by atoms with van der Waals surface area (Å²) in [6, 6.07) is 9.46. The van der Waals surface area contributed by atoms with Gasteiger partial charge >= 0.3 is 6.18 Å². The van der Waals surface area contributed by atoms with E-state index in [0.717, 1.165) is 59.1 Å². The summed E-state index contributed by atoms with van der Waals surface area (Å²) < 4.78 is 80.4. The van der Waals surface area contributed by atoms with E-state index in [1.165, 1.54) is 12.1 Å². The summed E-state index contributed by atoms with van der Waals surface area (Å²) in [6.45, 7) is 1.99. The lowest BCUT2D eigenvalue weighted by molar-refractivity contribution is -0.137. The molecular weight excluding hydrogens is 598 g/mol. The second-order valence-electron chi connectivity index (χ2n) is 10.6. The van der Waals surface area contributed by atoms with Crippen molar-refractivity contribution in [2.45, 2.75) is 62.3 Å². The average Bonchev–Trinajstić information content (AvgIpc) is 3.52. The molecule has 1 aliphatic heterocycles. The summed E-state index contributed by atoms with van der Waals surface area (Å²) in [4.78, 5) is 22.2. The Balaban J connectivity index is 1.37. The highest BCUT2D eigenvalue weighted by molar-refractivity contribution is 7.89. The van der Waals surface area contributed by atoms with Crippen LogP contribution in [-0.4, -0.2) is 47.2 Å². The molecule has 1 fully saturated rings. The minimum atomic E-state index is -4.48. The van der Waals surface area contributed by atoms with Crippen LogP contribution in [0.25, 0.3) is 11.3 Å². The van der Waals surface area contributed by atoms with Crippen molar-refractivity contribution in [2.24, 2.45) is 0 Å². The van der Waals surface area contributed by atoms with E-state index in [1.54, 1.807) is 6.07 Å². The predicted molar refractivity (Wildman–Crippen MR) is 157 cm³/mol. The number of nitrogens with one attached hydrogen (secondary N) is 2. The molecule has 0 bridgehead atoms. The van der Waals surface area contributed by atoms with E-state index in [-0.39, 0.29) is 30.0 Å². The van der Waals surface area contributed by atoms with Crippen LogP contribution in [0.5, 0.6) is 0 Å². The van der Waals surface area contributed by atoms with Gasteiger partial charge in [-0.3, -0.25) is 4.79 Å². The van der Waals surface area contributed by atoms with E-state index in [2.05, 4.69) is 32.8 Å². The largest absolute Gasteiger partial charge is 0.416 e. The van der Waals surface area contributed by atoms with E-state index in [9.17, 15) is 30.8 Å². The van der Waals surface area contributed by atoms with Crippen LogP contribution >= 0.6 is 0 Å². The maximum Gasteiger partial charge on any atom is 0.416 e. The van der Waals surface area contributed by atoms with Crippen molar-refractivity contribution in [2.75, 3.05) is 11.9 Å². The van der Waals surface area contributed by atoms with Crippen LogP contribution in [0, 0.1) is 5.82 Å². The molecule has 2 aliphatic rings. The van der Waals surface area contributed by atoms with Gasteiger partial charge in [-0.1, -0.05) is 30.4 Å². The Morgan fingerprint density at radius 3 is 2.45 bits per heavy atom. The van der Waals surface area contributed by atoms with Crippen LogP contribution in [0.2, 0.25) is 0 Å². The van der Waals surface area contributed by atoms with Crippen molar-refractivity contribution in [3.05, 3.63) is 95.5 Å². The molecule has 2 N–H and O–H groups in total. The zero-order valence-electron chi connectivity index (χ0n) is 23.8. The molecule has 0 radical (unpaired) electrons. The van der Waals surface area contributed by atoms with Gasteiger partial charge in [0.2, 0.25) is 21.9 Å². The van der Waals surface area contributed by atoms with Gasteiger partial charge in [0.15, 0.2) is 0 Å². The Morgan fingerprint density at radius 2 is 1.80 bits per heavy atom. The Hall–Kier alpha value is -4.10. The number of carbonyl (C=O) groups excluding carboxylic acids is 1. The molecule has 2 heterocycles. The highest BCUT2D eigenvalue weighted by atomic mass is 32.2. The number of rotatable bonds is 9. The number of alkyl halides is 3. The lowest BCUT2D eigenvalue weighted by Gasteiger charge is -2.23. The van der Waals surface area contributed by atoms with Crippen LogP contribution in [0.1, 0.15) is 43.9 Å². The first-order valence-corrected chi connectivity index (χ1v) is 15.6. The van der Waals surface area contributed by atoms with Gasteiger partial charge in [-0.05, 0) is 80.6 Å². The van der Waals surface area contributed by atoms with Gasteiger partial charge in [-0.15, -0.1) is 0 Å². The van der Waals surface area contributed by atoms with E-state index >= 15 is 0 Å². The number of anilines is 1. The van der Waals surface area contributed by atoms with E-state index in [0.29, 0.717) is 29.8 Å². The molecule has 2 unspecified atom stereocenters. The van der Waals surface area contributed by atoms with Gasteiger partial charge in [0.1, 0.15) is 11.9 Å². The molecule has 1 aromatic heterocycles. The second-order valence-corrected chi connectivity index (χ2v) is 12.5. The zero-order chi connectivity index (χ0) is 31.5. The Bertz CT molecular complexity index is 1670. The fourth-order valence-electron chi connectivity index (χ4n) is 5.19. The quantitative estimate of drug-likeness (QED) is 0.288. The number of sulfonamides is 1. The average molecular weight is 630 g/mol. The summed E-state index contributed by atoms with van der Waals surface area (Å²) in [7, 11) is -4.04. The number of halogens is 4. The fraction of sp³-hybridized carbons (Fsp3) is 0.323. The highest BCUT2D eigenvalue weighted by Crippen LogP contribution is 2.31. The van der Waals surface area contributed by atoms with Gasteiger partial charge < -0.3 is 10.6 Å². The van der Waals surface area contributed by atoms with Gasteiger partial charge in [-0.2, -0.15) is 17.5 Å². The topological polar surface area (TPSA) is 104 Å². The lowest BCUT2D eigenvalue weighted by atomic mass is 10.0. The second kappa shape index (κ2) is 12.9. The van der Waals surface area contributed by atoms with Crippen LogP contribution in [0.15, 0.2) is 83.3 Å². The molecule has 1 saturated heterocycles. The molecule has 13 heteroatoms. The van der Waals surface area contributed by atoms with Gasteiger partial charge in [-0.25, -0.2) is 22.8 Å². The number of nitrogens with zero attached hydrogens (tertiary/aromatic N) is 3. The van der Waals surface area contributed by atoms with Crippen molar-refractivity contribution >= 4 is 21.9 Å². The molecule has 1 aliphatic carbocycles. The number of hydrogen-bond donors (Lipinski definition) is 2. The van der Waals surface area contributed by atoms with Crippen LogP contribution in [0.3, 0.4) is 0 Å². The number of benzene rings is 2. The highest BCUT2D eigenvalue weighted by Gasteiger charge is 2.39. The number of carbonyl (C=O) groups is 1. The van der Waals surface area contributed by atoms with Crippen molar-refractivity contribution in [1.29, 1.82) is 0 Å². The third-order valence-electron chi connectivity index (χ3n) is 7.53. The van der Waals surface area contributed by atoms with E-state index in [4.69, 9.17) is 0 Å². The molecule has 0 saturated carbocycles. The molecule has 232 valence electrons. The van der Waals surface area contributed by atoms with Gasteiger partial charge in [0.25, 0.3) is 0 Å². The van der Waals surface area contributed by atoms with Gasteiger partial charge in [0, 0.05) is 12.1 Å². The molecule has 44 heavy (non-hydrogen) atoms. The molecule has 2 aromatic carbocycles. The van der Waals surface area contributed by atoms with Crippen LogP contribution < -0.4 is 10.6 Å². The molecule has 5 rings (SSSR count). The third kappa shape index (κ3) is 7.16. The van der Waals surface area contributed by atoms with E-state index < -0.39 is 39.5 Å². The van der Waals surface area contributed by atoms with Crippen LogP contribution in [0.4, 0.5) is 23.5 Å². The Morgan fingerprint density at radius 1 is 1.07 bits per heavy atom. The summed E-state index contributed by atoms with van der Waals surface area (Å²) >= 11 is 0. The molecule has 2 atom stereocenters. The standard InChI is InChI=1S/C31H31F4N5O3S/c1-20(21-6-3-2-4-7-21)37-30-38-25(18-27(39-30)22-9-11-23(12-10-22)31(33,34)35)19-36-29(41)28-8-5-17-40(28)44(42,43)26-15-13-24(32)14-16-26/h3,6-7,9-16,18,20,28H,2,4-5,8,17,19H2,1H3,(H,36,41)(H,37,38,39). The molecule has 1 amide bonds. The molecule has 0 spiro atoms. The number of aromatic nitrogens is 2. The van der Waals surface area contributed by atoms with Crippen molar-refractivity contribution < 1.29 is 30.8 Å². The zero-order valence-corrected chi connectivity index (χ0v) is 24.6. The monoisotopic (exact) mass is 629 g/mol. The number of hydrogen-bond acceptors (Lipinski definition) is 6. The molecule has 8 nitrogen and oxygen atoms in total. The predicted octanol–water partition coefficient (Wildman–Crippen LogP) is 5.85. The summed E-state index contributed by atoms with van der Waals surface area (Å²) in [5.74, 6) is -0.876. The van der Waals surface area contributed by atoms with Crippen molar-refractivity contribution in [3.63, 3.8) is 0 Å². The van der Waals surface area contributed by atoms with Crippen molar-refractivity contribution in [3.8, 4) is 11.3 Å². The smallest absolute Gasteiger partial charge is 0.349 e. The first-order valence-electron chi connectivity index (χ1n) is 14.2. The molecular formula is C31H31F4N5O3S. The minimum Gasteiger partial charge on any atom is -0.349 e. The third-order valence-corrected chi connectivity index (χ3v) is 9.45. The maximum atomic E-state index is 13.4. The van der Waals surface area contributed by atoms with Crippen LogP contribution in [-0.2, 0) is 27.5 Å². The Kier molecular flexibility index (Phi) is 9.16. The number of allylic oxidation sites excluding steroid dienone is 2.